The Morgan fingerprint density at radius 1 is 0.545 bits per heavy atom. The van der Waals surface area contributed by atoms with Crippen LogP contribution in [-0.4, -0.2) is 65.7 Å². The molecule has 3 N–H and O–H groups in total. The van der Waals surface area contributed by atoms with Crippen LogP contribution in [-0.2, 0) is 32.7 Å². The molecular weight excluding hydrogens is 719 g/mol. The molecule has 0 rings (SSSR count). The van der Waals surface area contributed by atoms with Crippen molar-refractivity contribution in [1.82, 2.24) is 0 Å². The Balaban J connectivity index is 4.47. The third-order valence-corrected chi connectivity index (χ3v) is 8.68. The van der Waals surface area contributed by atoms with Gasteiger partial charge in [0.2, 0.25) is 0 Å². The molecule has 0 aromatic heterocycles. The molecule has 3 atom stereocenters. The Hall–Kier alpha value is -3.11. The summed E-state index contributed by atoms with van der Waals surface area (Å²) in [6.07, 6.45) is 46.6. The molecule has 3 unspecified atom stereocenters. The predicted octanol–water partition coefficient (Wildman–Crippen LogP) is 10.4. The fourth-order valence-electron chi connectivity index (χ4n) is 4.68. The number of esters is 2. The summed E-state index contributed by atoms with van der Waals surface area (Å²) >= 11 is 0. The van der Waals surface area contributed by atoms with Gasteiger partial charge in [-0.15, -0.1) is 0 Å². The molecule has 11 heteroatoms. The number of phosphoric acid groups is 1. The molecule has 10 nitrogen and oxygen atoms in total. The highest BCUT2D eigenvalue weighted by molar-refractivity contribution is 7.47. The Morgan fingerprint density at radius 2 is 0.945 bits per heavy atom. The first-order valence-electron chi connectivity index (χ1n) is 20.2. The molecule has 0 radical (unpaired) electrons. The van der Waals surface area contributed by atoms with Gasteiger partial charge in [-0.05, 0) is 89.9 Å². The van der Waals surface area contributed by atoms with E-state index in [1.165, 1.54) is 0 Å². The van der Waals surface area contributed by atoms with Crippen LogP contribution in [0.4, 0.5) is 0 Å². The van der Waals surface area contributed by atoms with Crippen LogP contribution in [0.5, 0.6) is 0 Å². The molecule has 312 valence electrons. The van der Waals surface area contributed by atoms with Gasteiger partial charge in [0.15, 0.2) is 6.10 Å². The van der Waals surface area contributed by atoms with Gasteiger partial charge in [-0.3, -0.25) is 18.6 Å². The number of phosphoric ester groups is 1. The van der Waals surface area contributed by atoms with E-state index in [2.05, 4.69) is 116 Å². The van der Waals surface area contributed by atoms with Crippen molar-refractivity contribution >= 4 is 19.8 Å². The summed E-state index contributed by atoms with van der Waals surface area (Å²) in [5.74, 6) is -1.01. The van der Waals surface area contributed by atoms with Crippen molar-refractivity contribution < 1.29 is 47.8 Å². The molecule has 0 aliphatic rings. The van der Waals surface area contributed by atoms with Crippen LogP contribution in [0.15, 0.2) is 97.2 Å². The number of hydrogen-bond donors (Lipinski definition) is 3. The standard InChI is InChI=1S/C44H71O10P/c1-3-5-7-9-11-13-15-17-18-19-20-21-22-24-26-28-30-32-34-36-44(48)54-42(40-53-55(49,50)52-38-41(46)37-45)39-51-43(47)35-33-31-29-27-25-23-16-14-12-10-8-6-4-2/h5-8,11-14,17-18,20-21,23-26,41-42,45-46H,3-4,9-10,15-16,19,22,27-40H2,1-2H3,(H,49,50)/b7-5-,8-6-,13-11-,14-12-,18-17-,21-20-,25-23-,26-24-. The van der Waals surface area contributed by atoms with Crippen molar-refractivity contribution in [2.45, 2.75) is 142 Å². The lowest BCUT2D eigenvalue weighted by Crippen LogP contribution is -2.29. The van der Waals surface area contributed by atoms with Gasteiger partial charge in [-0.1, -0.05) is 124 Å². The minimum absolute atomic E-state index is 0.132. The molecule has 0 spiro atoms. The molecule has 0 fully saturated rings. The zero-order valence-electron chi connectivity index (χ0n) is 33.6. The van der Waals surface area contributed by atoms with Gasteiger partial charge in [0, 0.05) is 12.8 Å². The third-order valence-electron chi connectivity index (χ3n) is 7.73. The molecule has 0 aliphatic heterocycles. The number of rotatable bonds is 36. The number of unbranched alkanes of at least 4 members (excludes halogenated alkanes) is 6. The van der Waals surface area contributed by atoms with Gasteiger partial charge >= 0.3 is 19.8 Å². The second-order valence-electron chi connectivity index (χ2n) is 12.9. The average Bonchev–Trinajstić information content (AvgIpc) is 3.17. The second-order valence-corrected chi connectivity index (χ2v) is 14.3. The first-order valence-corrected chi connectivity index (χ1v) is 21.7. The Bertz CT molecular complexity index is 1230. The lowest BCUT2D eigenvalue weighted by molar-refractivity contribution is -0.161. The highest BCUT2D eigenvalue weighted by Crippen LogP contribution is 2.43. The largest absolute Gasteiger partial charge is 0.472 e. The number of carbonyl (C=O) groups is 2. The van der Waals surface area contributed by atoms with Crippen LogP contribution in [0.1, 0.15) is 129 Å². The Labute approximate surface area is 332 Å². The van der Waals surface area contributed by atoms with E-state index in [0.717, 1.165) is 89.9 Å². The lowest BCUT2D eigenvalue weighted by Gasteiger charge is -2.20. The van der Waals surface area contributed by atoms with E-state index in [1.807, 2.05) is 0 Å². The highest BCUT2D eigenvalue weighted by atomic mass is 31.2. The molecular formula is C44H71O10P. The van der Waals surface area contributed by atoms with E-state index in [-0.39, 0.29) is 19.4 Å². The van der Waals surface area contributed by atoms with E-state index in [1.54, 1.807) is 0 Å². The molecule has 0 aromatic rings. The SMILES string of the molecule is CC/C=C\C/C=C\C/C=C\C/C=C\C/C=C\CCCCCC(=O)OC(COC(=O)CCCCC/C=C\C/C=C\C/C=C\CC)COP(=O)(O)OCC(O)CO. The molecule has 0 aliphatic carbocycles. The summed E-state index contributed by atoms with van der Waals surface area (Å²) in [5.41, 5.74) is 0. The fourth-order valence-corrected chi connectivity index (χ4v) is 5.47. The minimum atomic E-state index is -4.64. The summed E-state index contributed by atoms with van der Waals surface area (Å²) in [4.78, 5) is 34.9. The molecule has 0 saturated carbocycles. The number of ether oxygens (including phenoxy) is 2. The van der Waals surface area contributed by atoms with Crippen molar-refractivity contribution in [1.29, 1.82) is 0 Å². The summed E-state index contributed by atoms with van der Waals surface area (Å²) in [6, 6.07) is 0. The highest BCUT2D eigenvalue weighted by Gasteiger charge is 2.27. The first kappa shape index (κ1) is 51.9. The first-order chi connectivity index (χ1) is 26.7. The van der Waals surface area contributed by atoms with Gasteiger partial charge in [-0.25, -0.2) is 4.57 Å². The molecule has 0 amide bonds. The second kappa shape index (κ2) is 39.1. The fraction of sp³-hybridized carbons (Fsp3) is 0.591. The van der Waals surface area contributed by atoms with Crippen LogP contribution in [0, 0.1) is 0 Å². The maximum absolute atomic E-state index is 12.6. The van der Waals surface area contributed by atoms with Crippen LogP contribution >= 0.6 is 7.82 Å². The number of aliphatic hydroxyl groups is 2. The number of allylic oxidation sites excluding steroid dienone is 16. The average molecular weight is 791 g/mol. The normalized spacial score (nSPS) is 14.9. The van der Waals surface area contributed by atoms with Gasteiger partial charge < -0.3 is 24.6 Å². The molecule has 55 heavy (non-hydrogen) atoms. The van der Waals surface area contributed by atoms with Gasteiger partial charge in [0.05, 0.1) is 19.8 Å². The summed E-state index contributed by atoms with van der Waals surface area (Å²) in [5, 5.41) is 18.3. The van der Waals surface area contributed by atoms with Crippen molar-refractivity contribution in [2.75, 3.05) is 26.4 Å². The van der Waals surface area contributed by atoms with Crippen molar-refractivity contribution in [3.8, 4) is 0 Å². The zero-order chi connectivity index (χ0) is 40.5. The quantitative estimate of drug-likeness (QED) is 0.0242. The van der Waals surface area contributed by atoms with Gasteiger partial charge in [0.25, 0.3) is 0 Å². The Kier molecular flexibility index (Phi) is 36.9. The van der Waals surface area contributed by atoms with E-state index >= 15 is 0 Å². The van der Waals surface area contributed by atoms with E-state index in [9.17, 15) is 24.2 Å². The summed E-state index contributed by atoms with van der Waals surface area (Å²) in [7, 11) is -4.64. The number of hydrogen-bond acceptors (Lipinski definition) is 9. The number of carbonyl (C=O) groups excluding carboxylic acids is 2. The minimum Gasteiger partial charge on any atom is -0.462 e. The monoisotopic (exact) mass is 790 g/mol. The smallest absolute Gasteiger partial charge is 0.462 e. The Morgan fingerprint density at radius 3 is 1.38 bits per heavy atom. The van der Waals surface area contributed by atoms with Crippen LogP contribution in [0.3, 0.4) is 0 Å². The van der Waals surface area contributed by atoms with Crippen molar-refractivity contribution in [2.24, 2.45) is 0 Å². The molecule has 0 aromatic carbocycles. The molecule has 0 saturated heterocycles. The van der Waals surface area contributed by atoms with Crippen LogP contribution in [0.2, 0.25) is 0 Å². The van der Waals surface area contributed by atoms with Crippen LogP contribution in [0.25, 0.3) is 0 Å². The van der Waals surface area contributed by atoms with Crippen molar-refractivity contribution in [3.05, 3.63) is 97.2 Å². The van der Waals surface area contributed by atoms with Crippen LogP contribution < -0.4 is 0 Å². The van der Waals surface area contributed by atoms with Gasteiger partial charge in [-0.2, -0.15) is 0 Å². The number of aliphatic hydroxyl groups excluding tert-OH is 2. The van der Waals surface area contributed by atoms with E-state index in [4.69, 9.17) is 19.1 Å². The van der Waals surface area contributed by atoms with Crippen molar-refractivity contribution in [3.63, 3.8) is 0 Å². The lowest BCUT2D eigenvalue weighted by atomic mass is 10.1. The molecule has 0 bridgehead atoms. The summed E-state index contributed by atoms with van der Waals surface area (Å²) in [6.45, 7) is 2.04. The van der Waals surface area contributed by atoms with E-state index < -0.39 is 51.8 Å². The maximum Gasteiger partial charge on any atom is 0.472 e. The van der Waals surface area contributed by atoms with E-state index in [0.29, 0.717) is 12.8 Å². The predicted molar refractivity (Wildman–Crippen MR) is 223 cm³/mol. The molecule has 0 heterocycles. The summed E-state index contributed by atoms with van der Waals surface area (Å²) < 4.78 is 32.6. The topological polar surface area (TPSA) is 149 Å². The van der Waals surface area contributed by atoms with Gasteiger partial charge in [0.1, 0.15) is 12.7 Å². The zero-order valence-corrected chi connectivity index (χ0v) is 34.5. The third kappa shape index (κ3) is 38.9. The maximum atomic E-state index is 12.6.